The first kappa shape index (κ1) is 18.6. The quantitative estimate of drug-likeness (QED) is 0.693. The predicted molar refractivity (Wildman–Crippen MR) is 110 cm³/mol. The first-order valence-corrected chi connectivity index (χ1v) is 10.3. The van der Waals surface area contributed by atoms with E-state index in [1.54, 1.807) is 18.4 Å². The molecule has 146 valence electrons. The molecule has 0 atom stereocenters. The Morgan fingerprint density at radius 2 is 2.04 bits per heavy atom. The lowest BCUT2D eigenvalue weighted by molar-refractivity contribution is -0.126. The van der Waals surface area contributed by atoms with E-state index in [4.69, 9.17) is 4.74 Å². The number of nitrogens with zero attached hydrogens (tertiary/aromatic N) is 1. The van der Waals surface area contributed by atoms with Crippen molar-refractivity contribution in [3.05, 3.63) is 53.0 Å². The van der Waals surface area contributed by atoms with Crippen LogP contribution in [0.2, 0.25) is 0 Å². The van der Waals surface area contributed by atoms with E-state index >= 15 is 0 Å². The number of aromatic nitrogens is 1. The summed E-state index contributed by atoms with van der Waals surface area (Å²) in [5.41, 5.74) is 1.58. The van der Waals surface area contributed by atoms with Crippen LogP contribution in [0.15, 0.2) is 41.8 Å². The third-order valence-electron chi connectivity index (χ3n) is 5.27. The fourth-order valence-corrected chi connectivity index (χ4v) is 4.44. The maximum atomic E-state index is 12.7. The van der Waals surface area contributed by atoms with Crippen molar-refractivity contribution >= 4 is 33.4 Å². The van der Waals surface area contributed by atoms with Crippen LogP contribution in [0.4, 0.5) is 0 Å². The van der Waals surface area contributed by atoms with Crippen molar-refractivity contribution in [3.8, 4) is 5.75 Å². The molecule has 28 heavy (non-hydrogen) atoms. The molecule has 0 unspecified atom stereocenters. The average molecular weight is 398 g/mol. The van der Waals surface area contributed by atoms with Crippen LogP contribution in [0.25, 0.3) is 10.2 Å². The fraction of sp³-hybridized carbons (Fsp3) is 0.333. The number of fused-ring (bicyclic) bond motifs is 1. The summed E-state index contributed by atoms with van der Waals surface area (Å²) in [5.74, 6) is 0.759. The molecular formula is C21H23N3O3S. The lowest BCUT2D eigenvalue weighted by atomic mass is 9.95. The Kier molecular flexibility index (Phi) is 5.34. The molecule has 0 spiro atoms. The minimum atomic E-state index is -0.0640. The number of para-hydroxylation sites is 1. The van der Waals surface area contributed by atoms with E-state index in [9.17, 15) is 9.59 Å². The van der Waals surface area contributed by atoms with Crippen molar-refractivity contribution < 1.29 is 14.3 Å². The molecule has 7 heteroatoms. The lowest BCUT2D eigenvalue weighted by Gasteiger charge is -2.31. The van der Waals surface area contributed by atoms with Crippen LogP contribution in [0.3, 0.4) is 0 Å². The maximum Gasteiger partial charge on any atom is 0.270 e. The molecule has 1 aliphatic rings. The molecule has 2 N–H and O–H groups in total. The van der Waals surface area contributed by atoms with Gasteiger partial charge in [-0.1, -0.05) is 18.2 Å². The average Bonchev–Trinajstić information content (AvgIpc) is 3.34. The molecule has 4 rings (SSSR count). The molecule has 2 amide bonds. The summed E-state index contributed by atoms with van der Waals surface area (Å²) in [6.45, 7) is 1.64. The number of carbonyl (C=O) groups is 2. The highest BCUT2D eigenvalue weighted by Crippen LogP contribution is 2.24. The molecule has 1 fully saturated rings. The van der Waals surface area contributed by atoms with Crippen LogP contribution >= 0.6 is 11.3 Å². The van der Waals surface area contributed by atoms with Gasteiger partial charge in [0.2, 0.25) is 5.91 Å². The van der Waals surface area contributed by atoms with Gasteiger partial charge in [0, 0.05) is 36.5 Å². The normalized spacial score (nSPS) is 15.0. The number of methoxy groups -OCH3 is 1. The number of nitrogens with one attached hydrogen (secondary N) is 2. The highest BCUT2D eigenvalue weighted by molar-refractivity contribution is 7.16. The topological polar surface area (TPSA) is 74.4 Å². The van der Waals surface area contributed by atoms with Crippen molar-refractivity contribution in [2.24, 2.45) is 5.92 Å². The van der Waals surface area contributed by atoms with Crippen LogP contribution in [0, 0.1) is 5.92 Å². The highest BCUT2D eigenvalue weighted by atomic mass is 32.1. The van der Waals surface area contributed by atoms with Crippen LogP contribution in [-0.4, -0.2) is 41.9 Å². The van der Waals surface area contributed by atoms with E-state index in [0.29, 0.717) is 38.2 Å². The number of hydrogen-bond acceptors (Lipinski definition) is 4. The molecule has 3 heterocycles. The van der Waals surface area contributed by atoms with Gasteiger partial charge < -0.3 is 19.9 Å². The van der Waals surface area contributed by atoms with E-state index in [1.807, 2.05) is 46.7 Å². The predicted octanol–water partition coefficient (Wildman–Crippen LogP) is 3.41. The summed E-state index contributed by atoms with van der Waals surface area (Å²) < 4.78 is 5.32. The Hall–Kier alpha value is -2.80. The van der Waals surface area contributed by atoms with Crippen LogP contribution in [-0.2, 0) is 11.3 Å². The minimum absolute atomic E-state index is 0.0104. The number of amides is 2. The van der Waals surface area contributed by atoms with E-state index in [2.05, 4.69) is 10.3 Å². The summed E-state index contributed by atoms with van der Waals surface area (Å²) in [6.07, 6.45) is 1.36. The van der Waals surface area contributed by atoms with Gasteiger partial charge in [0.05, 0.1) is 7.11 Å². The summed E-state index contributed by atoms with van der Waals surface area (Å²) in [5, 5.41) is 6.08. The second kappa shape index (κ2) is 8.06. The fourth-order valence-electron chi connectivity index (χ4n) is 3.65. The molecule has 2 aromatic heterocycles. The van der Waals surface area contributed by atoms with E-state index in [0.717, 1.165) is 21.5 Å². The second-order valence-corrected chi connectivity index (χ2v) is 7.90. The Balaban J connectivity index is 1.30. The Morgan fingerprint density at radius 1 is 1.25 bits per heavy atom. The van der Waals surface area contributed by atoms with Gasteiger partial charge in [0.25, 0.3) is 5.91 Å². The SMILES string of the molecule is COc1ccccc1CNC(=O)C1CCN(C(=O)c2cc3ccsc3[nH]2)CC1. The van der Waals surface area contributed by atoms with Crippen LogP contribution in [0.1, 0.15) is 28.9 Å². The zero-order valence-electron chi connectivity index (χ0n) is 15.7. The molecule has 1 aliphatic heterocycles. The van der Waals surface area contributed by atoms with E-state index in [1.165, 1.54) is 0 Å². The molecular weight excluding hydrogens is 374 g/mol. The highest BCUT2D eigenvalue weighted by Gasteiger charge is 2.28. The first-order chi connectivity index (χ1) is 13.7. The summed E-state index contributed by atoms with van der Waals surface area (Å²) in [6, 6.07) is 11.6. The van der Waals surface area contributed by atoms with Crippen LogP contribution in [0.5, 0.6) is 5.75 Å². The number of H-pyrrole nitrogens is 1. The number of thiophene rings is 1. The van der Waals surface area contributed by atoms with Crippen molar-refractivity contribution in [2.45, 2.75) is 19.4 Å². The number of rotatable bonds is 5. The molecule has 3 aromatic rings. The number of benzene rings is 1. The maximum absolute atomic E-state index is 12.7. The van der Waals surface area contributed by atoms with Crippen molar-refractivity contribution in [2.75, 3.05) is 20.2 Å². The Labute approximate surface area is 167 Å². The van der Waals surface area contributed by atoms with Crippen LogP contribution < -0.4 is 10.1 Å². The third-order valence-corrected chi connectivity index (χ3v) is 6.12. The summed E-state index contributed by atoms with van der Waals surface area (Å²) in [7, 11) is 1.63. The third kappa shape index (κ3) is 3.75. The lowest BCUT2D eigenvalue weighted by Crippen LogP contribution is -2.43. The summed E-state index contributed by atoms with van der Waals surface area (Å²) >= 11 is 1.59. The van der Waals surface area contributed by atoms with Gasteiger partial charge in [-0.05, 0) is 36.4 Å². The molecule has 0 radical (unpaired) electrons. The Bertz CT molecular complexity index is 957. The van der Waals surface area contributed by atoms with Gasteiger partial charge in [-0.2, -0.15) is 0 Å². The van der Waals surface area contributed by atoms with Gasteiger partial charge in [-0.15, -0.1) is 11.3 Å². The standard InChI is InChI=1S/C21H23N3O3S/c1-27-18-5-3-2-4-16(18)13-22-19(25)14-6-9-24(10-7-14)21(26)17-12-15-8-11-28-20(15)23-17/h2-5,8,11-12,14,23H,6-7,9-10,13H2,1H3,(H,22,25). The monoisotopic (exact) mass is 397 g/mol. The minimum Gasteiger partial charge on any atom is -0.496 e. The van der Waals surface area contributed by atoms with Crippen molar-refractivity contribution in [1.29, 1.82) is 0 Å². The molecule has 0 aliphatic carbocycles. The molecule has 0 bridgehead atoms. The van der Waals surface area contributed by atoms with Crippen molar-refractivity contribution in [3.63, 3.8) is 0 Å². The zero-order valence-corrected chi connectivity index (χ0v) is 16.6. The van der Waals surface area contributed by atoms with E-state index < -0.39 is 0 Å². The molecule has 6 nitrogen and oxygen atoms in total. The number of likely N-dealkylation sites (tertiary alicyclic amines) is 1. The van der Waals surface area contributed by atoms with E-state index in [-0.39, 0.29) is 17.7 Å². The summed E-state index contributed by atoms with van der Waals surface area (Å²) in [4.78, 5) is 31.3. The second-order valence-electron chi connectivity index (χ2n) is 6.98. The van der Waals surface area contributed by atoms with Crippen molar-refractivity contribution in [1.82, 2.24) is 15.2 Å². The largest absolute Gasteiger partial charge is 0.496 e. The van der Waals surface area contributed by atoms with Gasteiger partial charge in [-0.3, -0.25) is 9.59 Å². The smallest absolute Gasteiger partial charge is 0.270 e. The molecule has 0 saturated carbocycles. The van der Waals surface area contributed by atoms with Gasteiger partial charge in [0.15, 0.2) is 0 Å². The number of hydrogen-bond donors (Lipinski definition) is 2. The number of aromatic amines is 1. The Morgan fingerprint density at radius 3 is 2.79 bits per heavy atom. The molecule has 1 aromatic carbocycles. The van der Waals surface area contributed by atoms with Gasteiger partial charge in [0.1, 0.15) is 16.3 Å². The zero-order chi connectivity index (χ0) is 19.5. The number of carbonyl (C=O) groups excluding carboxylic acids is 2. The molecule has 1 saturated heterocycles. The van der Waals surface area contributed by atoms with Gasteiger partial charge >= 0.3 is 0 Å². The first-order valence-electron chi connectivity index (χ1n) is 9.41. The van der Waals surface area contributed by atoms with Gasteiger partial charge in [-0.25, -0.2) is 0 Å². The number of piperidine rings is 1. The number of ether oxygens (including phenoxy) is 1.